The standard InChI is InChI=1S/C13H18Cl2N2O2/c1-4-19-12-10(14)5-9(6-11(12)15)13(18)17-16-7-8(2)3/h5-6,8,16H,4,7H2,1-3H3,(H,17,18). The van der Waals surface area contributed by atoms with E-state index in [9.17, 15) is 4.79 Å². The second kappa shape index (κ2) is 7.58. The van der Waals surface area contributed by atoms with Crippen molar-refractivity contribution in [2.45, 2.75) is 20.8 Å². The van der Waals surface area contributed by atoms with Crippen molar-refractivity contribution >= 4 is 29.1 Å². The number of rotatable bonds is 6. The predicted octanol–water partition coefficient (Wildman–Crippen LogP) is 3.28. The monoisotopic (exact) mass is 304 g/mol. The third kappa shape index (κ3) is 4.90. The third-order valence-corrected chi connectivity index (χ3v) is 2.82. The van der Waals surface area contributed by atoms with Crippen molar-refractivity contribution in [1.29, 1.82) is 0 Å². The SMILES string of the molecule is CCOc1c(Cl)cc(C(=O)NNCC(C)C)cc1Cl. The summed E-state index contributed by atoms with van der Waals surface area (Å²) in [6.07, 6.45) is 0. The summed E-state index contributed by atoms with van der Waals surface area (Å²) in [6.45, 7) is 7.07. The van der Waals surface area contributed by atoms with Crippen LogP contribution in [-0.4, -0.2) is 19.1 Å². The van der Waals surface area contributed by atoms with Crippen LogP contribution in [0.2, 0.25) is 10.0 Å². The van der Waals surface area contributed by atoms with Gasteiger partial charge in [0.25, 0.3) is 5.91 Å². The number of hydrazine groups is 1. The quantitative estimate of drug-likeness (QED) is 0.793. The van der Waals surface area contributed by atoms with Crippen LogP contribution in [0.1, 0.15) is 31.1 Å². The molecule has 0 radical (unpaired) electrons. The lowest BCUT2D eigenvalue weighted by Crippen LogP contribution is -2.39. The molecule has 0 bridgehead atoms. The number of carbonyl (C=O) groups is 1. The maximum Gasteiger partial charge on any atom is 0.265 e. The van der Waals surface area contributed by atoms with Gasteiger partial charge in [0.2, 0.25) is 0 Å². The van der Waals surface area contributed by atoms with Gasteiger partial charge in [0, 0.05) is 12.1 Å². The van der Waals surface area contributed by atoms with Gasteiger partial charge in [-0.05, 0) is 25.0 Å². The molecule has 106 valence electrons. The topological polar surface area (TPSA) is 50.4 Å². The van der Waals surface area contributed by atoms with E-state index in [0.717, 1.165) is 0 Å². The van der Waals surface area contributed by atoms with Crippen molar-refractivity contribution in [3.05, 3.63) is 27.7 Å². The molecular weight excluding hydrogens is 287 g/mol. The van der Waals surface area contributed by atoms with Gasteiger partial charge in [-0.25, -0.2) is 5.43 Å². The fourth-order valence-corrected chi connectivity index (χ4v) is 1.98. The van der Waals surface area contributed by atoms with Crippen LogP contribution < -0.4 is 15.6 Å². The number of carbonyl (C=O) groups excluding carboxylic acids is 1. The Balaban J connectivity index is 2.76. The van der Waals surface area contributed by atoms with Gasteiger partial charge in [-0.15, -0.1) is 0 Å². The molecule has 0 atom stereocenters. The summed E-state index contributed by atoms with van der Waals surface area (Å²) < 4.78 is 5.30. The molecule has 0 fully saturated rings. The van der Waals surface area contributed by atoms with Crippen LogP contribution in [0.4, 0.5) is 0 Å². The van der Waals surface area contributed by atoms with Gasteiger partial charge in [-0.2, -0.15) is 0 Å². The second-order valence-electron chi connectivity index (χ2n) is 4.43. The molecule has 0 saturated carbocycles. The maximum atomic E-state index is 11.9. The summed E-state index contributed by atoms with van der Waals surface area (Å²) in [4.78, 5) is 11.9. The summed E-state index contributed by atoms with van der Waals surface area (Å²) in [5.41, 5.74) is 5.82. The number of benzene rings is 1. The normalized spacial score (nSPS) is 10.6. The van der Waals surface area contributed by atoms with E-state index in [4.69, 9.17) is 27.9 Å². The summed E-state index contributed by atoms with van der Waals surface area (Å²) in [5.74, 6) is 0.554. The van der Waals surface area contributed by atoms with Gasteiger partial charge in [-0.3, -0.25) is 10.2 Å². The number of ether oxygens (including phenoxy) is 1. The van der Waals surface area contributed by atoms with E-state index in [1.165, 1.54) is 12.1 Å². The van der Waals surface area contributed by atoms with Crippen LogP contribution in [0.25, 0.3) is 0 Å². The lowest BCUT2D eigenvalue weighted by molar-refractivity contribution is 0.0931. The predicted molar refractivity (Wildman–Crippen MR) is 77.9 cm³/mol. The highest BCUT2D eigenvalue weighted by Crippen LogP contribution is 2.34. The molecule has 0 aliphatic heterocycles. The number of amides is 1. The Hall–Kier alpha value is -0.970. The van der Waals surface area contributed by atoms with Gasteiger partial charge in [0.05, 0.1) is 16.7 Å². The fraction of sp³-hybridized carbons (Fsp3) is 0.462. The molecule has 0 spiro atoms. The first-order valence-corrected chi connectivity index (χ1v) is 6.86. The number of hydrogen-bond donors (Lipinski definition) is 2. The molecule has 0 aliphatic rings. The Labute approximate surface area is 123 Å². The van der Waals surface area contributed by atoms with Crippen LogP contribution in [0.5, 0.6) is 5.75 Å². The fourth-order valence-electron chi connectivity index (χ4n) is 1.38. The van der Waals surface area contributed by atoms with E-state index >= 15 is 0 Å². The second-order valence-corrected chi connectivity index (χ2v) is 5.25. The Morgan fingerprint density at radius 3 is 2.37 bits per heavy atom. The average Bonchev–Trinajstić information content (AvgIpc) is 2.33. The molecule has 1 aromatic carbocycles. The van der Waals surface area contributed by atoms with E-state index in [-0.39, 0.29) is 5.91 Å². The van der Waals surface area contributed by atoms with E-state index in [1.807, 2.05) is 20.8 Å². The number of hydrogen-bond acceptors (Lipinski definition) is 3. The van der Waals surface area contributed by atoms with Gasteiger partial charge < -0.3 is 4.74 Å². The highest BCUT2D eigenvalue weighted by molar-refractivity contribution is 6.37. The molecule has 19 heavy (non-hydrogen) atoms. The van der Waals surface area contributed by atoms with E-state index in [1.54, 1.807) is 0 Å². The molecule has 6 heteroatoms. The lowest BCUT2D eigenvalue weighted by atomic mass is 10.2. The van der Waals surface area contributed by atoms with Crippen LogP contribution in [-0.2, 0) is 0 Å². The summed E-state index contributed by atoms with van der Waals surface area (Å²) in [6, 6.07) is 3.07. The number of halogens is 2. The molecule has 0 saturated heterocycles. The zero-order valence-electron chi connectivity index (χ0n) is 11.2. The molecule has 0 heterocycles. The van der Waals surface area contributed by atoms with Crippen LogP contribution in [0.3, 0.4) is 0 Å². The molecule has 1 amide bonds. The zero-order chi connectivity index (χ0) is 14.4. The molecule has 0 unspecified atom stereocenters. The zero-order valence-corrected chi connectivity index (χ0v) is 12.7. The lowest BCUT2D eigenvalue weighted by Gasteiger charge is -2.12. The minimum Gasteiger partial charge on any atom is -0.491 e. The average molecular weight is 305 g/mol. The first kappa shape index (κ1) is 16.1. The smallest absolute Gasteiger partial charge is 0.265 e. The molecule has 0 aliphatic carbocycles. The Bertz CT molecular complexity index is 427. The van der Waals surface area contributed by atoms with E-state index < -0.39 is 0 Å². The Kier molecular flexibility index (Phi) is 6.42. The minimum atomic E-state index is -0.285. The largest absolute Gasteiger partial charge is 0.491 e. The van der Waals surface area contributed by atoms with Crippen molar-refractivity contribution in [1.82, 2.24) is 10.9 Å². The van der Waals surface area contributed by atoms with Crippen LogP contribution >= 0.6 is 23.2 Å². The minimum absolute atomic E-state index is 0.285. The van der Waals surface area contributed by atoms with Crippen molar-refractivity contribution in [2.75, 3.05) is 13.2 Å². The maximum absolute atomic E-state index is 11.9. The molecule has 2 N–H and O–H groups in total. The van der Waals surface area contributed by atoms with Crippen molar-refractivity contribution in [2.24, 2.45) is 5.92 Å². The first-order chi connectivity index (χ1) is 8.95. The first-order valence-electron chi connectivity index (χ1n) is 6.10. The molecule has 0 aromatic heterocycles. The molecular formula is C13H18Cl2N2O2. The van der Waals surface area contributed by atoms with Crippen LogP contribution in [0, 0.1) is 5.92 Å². The number of nitrogens with one attached hydrogen (secondary N) is 2. The van der Waals surface area contributed by atoms with Crippen molar-refractivity contribution in [3.8, 4) is 5.75 Å². The molecule has 1 rings (SSSR count). The van der Waals surface area contributed by atoms with Crippen LogP contribution in [0.15, 0.2) is 12.1 Å². The van der Waals surface area contributed by atoms with E-state index in [2.05, 4.69) is 10.9 Å². The van der Waals surface area contributed by atoms with Gasteiger partial charge in [0.1, 0.15) is 0 Å². The summed E-state index contributed by atoms with van der Waals surface area (Å²) >= 11 is 12.1. The summed E-state index contributed by atoms with van der Waals surface area (Å²) in [5, 5.41) is 0.645. The Morgan fingerprint density at radius 1 is 1.32 bits per heavy atom. The van der Waals surface area contributed by atoms with Gasteiger partial charge >= 0.3 is 0 Å². The van der Waals surface area contributed by atoms with Crippen molar-refractivity contribution < 1.29 is 9.53 Å². The molecule has 4 nitrogen and oxygen atoms in total. The highest BCUT2D eigenvalue weighted by atomic mass is 35.5. The van der Waals surface area contributed by atoms with Gasteiger partial charge in [-0.1, -0.05) is 37.0 Å². The molecule has 1 aromatic rings. The van der Waals surface area contributed by atoms with Gasteiger partial charge in [0.15, 0.2) is 5.75 Å². The Morgan fingerprint density at radius 2 is 1.89 bits per heavy atom. The third-order valence-electron chi connectivity index (χ3n) is 2.26. The summed E-state index contributed by atoms with van der Waals surface area (Å²) in [7, 11) is 0. The van der Waals surface area contributed by atoms with E-state index in [0.29, 0.717) is 40.4 Å². The highest BCUT2D eigenvalue weighted by Gasteiger charge is 2.13. The van der Waals surface area contributed by atoms with Crippen molar-refractivity contribution in [3.63, 3.8) is 0 Å².